The standard InChI is InChI=1S/C19H23ClN4O2/c1-2-24-7-6-14(12-24)19(26)21-11-16-10-18(25)23-17(22-16)9-13-4-3-5-15(20)8-13/h3-5,8,10,14H,2,6-7,9,11-12H2,1H3,(H,21,26)(H,22,23,25). The van der Waals surface area contributed by atoms with Gasteiger partial charge in [0.2, 0.25) is 5.91 Å². The van der Waals surface area contributed by atoms with Gasteiger partial charge in [-0.1, -0.05) is 30.7 Å². The van der Waals surface area contributed by atoms with Gasteiger partial charge in [0.15, 0.2) is 0 Å². The molecule has 1 aromatic carbocycles. The minimum atomic E-state index is -0.223. The van der Waals surface area contributed by atoms with Crippen molar-refractivity contribution in [3.05, 3.63) is 62.8 Å². The fourth-order valence-electron chi connectivity index (χ4n) is 3.23. The molecule has 2 N–H and O–H groups in total. The van der Waals surface area contributed by atoms with Crippen molar-refractivity contribution in [2.24, 2.45) is 5.92 Å². The average molecular weight is 375 g/mol. The van der Waals surface area contributed by atoms with Crippen LogP contribution in [0, 0.1) is 5.92 Å². The number of H-pyrrole nitrogens is 1. The monoisotopic (exact) mass is 374 g/mol. The van der Waals surface area contributed by atoms with Gasteiger partial charge in [0.05, 0.1) is 18.2 Å². The van der Waals surface area contributed by atoms with Crippen molar-refractivity contribution in [1.29, 1.82) is 0 Å². The number of likely N-dealkylation sites (tertiary alicyclic amines) is 1. The summed E-state index contributed by atoms with van der Waals surface area (Å²) in [6, 6.07) is 8.86. The van der Waals surface area contributed by atoms with E-state index < -0.39 is 0 Å². The molecule has 138 valence electrons. The lowest BCUT2D eigenvalue weighted by Crippen LogP contribution is -2.33. The molecule has 1 aliphatic rings. The van der Waals surface area contributed by atoms with Crippen molar-refractivity contribution in [3.63, 3.8) is 0 Å². The number of nitrogens with zero attached hydrogens (tertiary/aromatic N) is 2. The van der Waals surface area contributed by atoms with E-state index >= 15 is 0 Å². The molecule has 1 aliphatic heterocycles. The first-order chi connectivity index (χ1) is 12.5. The Bertz CT molecular complexity index is 836. The van der Waals surface area contributed by atoms with E-state index in [4.69, 9.17) is 11.6 Å². The van der Waals surface area contributed by atoms with Crippen LogP contribution >= 0.6 is 11.6 Å². The highest BCUT2D eigenvalue weighted by Gasteiger charge is 2.27. The number of hydrogen-bond acceptors (Lipinski definition) is 4. The van der Waals surface area contributed by atoms with Crippen molar-refractivity contribution < 1.29 is 4.79 Å². The maximum Gasteiger partial charge on any atom is 0.251 e. The number of rotatable bonds is 6. The predicted molar refractivity (Wildman–Crippen MR) is 101 cm³/mol. The first kappa shape index (κ1) is 18.6. The van der Waals surface area contributed by atoms with E-state index in [1.165, 1.54) is 6.07 Å². The number of amides is 1. The zero-order chi connectivity index (χ0) is 18.5. The van der Waals surface area contributed by atoms with E-state index in [1.807, 2.05) is 18.2 Å². The Kier molecular flexibility index (Phi) is 6.06. The van der Waals surface area contributed by atoms with Crippen molar-refractivity contribution in [1.82, 2.24) is 20.2 Å². The van der Waals surface area contributed by atoms with E-state index in [1.54, 1.807) is 6.07 Å². The predicted octanol–water partition coefficient (Wildman–Crippen LogP) is 1.97. The number of halogens is 1. The third-order valence-corrected chi connectivity index (χ3v) is 4.87. The zero-order valence-corrected chi connectivity index (χ0v) is 15.6. The number of carbonyl (C=O) groups is 1. The first-order valence-corrected chi connectivity index (χ1v) is 9.25. The first-order valence-electron chi connectivity index (χ1n) is 8.87. The Morgan fingerprint density at radius 3 is 3.00 bits per heavy atom. The van der Waals surface area contributed by atoms with E-state index in [0.29, 0.717) is 23.0 Å². The number of aromatic nitrogens is 2. The molecule has 3 rings (SSSR count). The van der Waals surface area contributed by atoms with Gasteiger partial charge in [0.1, 0.15) is 5.82 Å². The largest absolute Gasteiger partial charge is 0.350 e. The SMILES string of the molecule is CCN1CCC(C(=O)NCc2cc(=O)[nH]c(Cc3cccc(Cl)c3)n2)C1. The maximum atomic E-state index is 12.3. The van der Waals surface area contributed by atoms with Gasteiger partial charge in [0, 0.05) is 24.1 Å². The number of hydrogen-bond donors (Lipinski definition) is 2. The van der Waals surface area contributed by atoms with E-state index in [9.17, 15) is 9.59 Å². The molecule has 6 nitrogen and oxygen atoms in total. The highest BCUT2D eigenvalue weighted by molar-refractivity contribution is 6.30. The lowest BCUT2D eigenvalue weighted by Gasteiger charge is -2.13. The molecular weight excluding hydrogens is 352 g/mol. The van der Waals surface area contributed by atoms with E-state index in [0.717, 1.165) is 31.6 Å². The van der Waals surface area contributed by atoms with Gasteiger partial charge in [-0.05, 0) is 37.2 Å². The molecule has 7 heteroatoms. The topological polar surface area (TPSA) is 78.1 Å². The van der Waals surface area contributed by atoms with Gasteiger partial charge in [-0.3, -0.25) is 9.59 Å². The van der Waals surface area contributed by atoms with E-state index in [-0.39, 0.29) is 23.9 Å². The number of benzene rings is 1. The van der Waals surface area contributed by atoms with Gasteiger partial charge in [-0.2, -0.15) is 0 Å². The molecule has 1 aromatic heterocycles. The Hall–Kier alpha value is -2.18. The summed E-state index contributed by atoms with van der Waals surface area (Å²) in [7, 11) is 0. The molecule has 1 fully saturated rings. The molecule has 1 atom stereocenters. The summed E-state index contributed by atoms with van der Waals surface area (Å²) in [5.74, 6) is 0.601. The van der Waals surface area contributed by atoms with Crippen LogP contribution in [-0.4, -0.2) is 40.4 Å². The van der Waals surface area contributed by atoms with Gasteiger partial charge in [-0.25, -0.2) is 4.98 Å². The fourth-order valence-corrected chi connectivity index (χ4v) is 3.45. The number of carbonyl (C=O) groups excluding carboxylic acids is 1. The second kappa shape index (κ2) is 8.47. The molecule has 0 radical (unpaired) electrons. The van der Waals surface area contributed by atoms with Crippen molar-refractivity contribution in [3.8, 4) is 0 Å². The smallest absolute Gasteiger partial charge is 0.251 e. The van der Waals surface area contributed by atoms with Crippen LogP contribution in [0.15, 0.2) is 35.1 Å². The molecule has 2 heterocycles. The summed E-state index contributed by atoms with van der Waals surface area (Å²) in [5, 5.41) is 3.56. The van der Waals surface area contributed by atoms with Crippen LogP contribution in [0.1, 0.15) is 30.4 Å². The van der Waals surface area contributed by atoms with Gasteiger partial charge >= 0.3 is 0 Å². The summed E-state index contributed by atoms with van der Waals surface area (Å²) >= 11 is 6.00. The van der Waals surface area contributed by atoms with Crippen molar-refractivity contribution in [2.75, 3.05) is 19.6 Å². The minimum Gasteiger partial charge on any atom is -0.350 e. The van der Waals surface area contributed by atoms with Gasteiger partial charge in [-0.15, -0.1) is 0 Å². The Balaban J connectivity index is 1.62. The number of nitrogens with one attached hydrogen (secondary N) is 2. The summed E-state index contributed by atoms with van der Waals surface area (Å²) < 4.78 is 0. The van der Waals surface area contributed by atoms with Crippen LogP contribution in [-0.2, 0) is 17.8 Å². The van der Waals surface area contributed by atoms with Crippen LogP contribution in [0.25, 0.3) is 0 Å². The second-order valence-electron chi connectivity index (χ2n) is 6.59. The molecule has 26 heavy (non-hydrogen) atoms. The molecule has 0 spiro atoms. The summed E-state index contributed by atoms with van der Waals surface area (Å²) in [5.41, 5.74) is 1.30. The maximum absolute atomic E-state index is 12.3. The minimum absolute atomic E-state index is 0.0166. The Morgan fingerprint density at radius 2 is 2.27 bits per heavy atom. The summed E-state index contributed by atoms with van der Waals surface area (Å²) in [4.78, 5) is 33.7. The Morgan fingerprint density at radius 1 is 1.42 bits per heavy atom. The molecule has 2 aromatic rings. The van der Waals surface area contributed by atoms with Gasteiger partial charge < -0.3 is 15.2 Å². The normalized spacial score (nSPS) is 17.4. The average Bonchev–Trinajstić information content (AvgIpc) is 3.08. The van der Waals surface area contributed by atoms with Crippen LogP contribution in [0.4, 0.5) is 0 Å². The lowest BCUT2D eigenvalue weighted by molar-refractivity contribution is -0.124. The summed E-state index contributed by atoms with van der Waals surface area (Å²) in [6.45, 7) is 5.08. The molecule has 1 unspecified atom stereocenters. The van der Waals surface area contributed by atoms with Crippen LogP contribution in [0.2, 0.25) is 5.02 Å². The second-order valence-corrected chi connectivity index (χ2v) is 7.02. The van der Waals surface area contributed by atoms with Crippen molar-refractivity contribution in [2.45, 2.75) is 26.3 Å². The Labute approximate surface area is 157 Å². The molecule has 0 saturated carbocycles. The van der Waals surface area contributed by atoms with Crippen LogP contribution < -0.4 is 10.9 Å². The molecule has 1 amide bonds. The zero-order valence-electron chi connectivity index (χ0n) is 14.8. The summed E-state index contributed by atoms with van der Waals surface area (Å²) in [6.07, 6.45) is 1.36. The third-order valence-electron chi connectivity index (χ3n) is 4.64. The molecule has 0 aliphatic carbocycles. The molecule has 1 saturated heterocycles. The highest BCUT2D eigenvalue weighted by atomic mass is 35.5. The third kappa shape index (κ3) is 4.93. The molecular formula is C19H23ClN4O2. The van der Waals surface area contributed by atoms with E-state index in [2.05, 4.69) is 27.1 Å². The van der Waals surface area contributed by atoms with Crippen molar-refractivity contribution >= 4 is 17.5 Å². The number of aromatic amines is 1. The van der Waals surface area contributed by atoms with Crippen LogP contribution in [0.3, 0.4) is 0 Å². The fraction of sp³-hybridized carbons (Fsp3) is 0.421. The van der Waals surface area contributed by atoms with Crippen LogP contribution in [0.5, 0.6) is 0 Å². The highest BCUT2D eigenvalue weighted by Crippen LogP contribution is 2.16. The quantitative estimate of drug-likeness (QED) is 0.810. The molecule has 0 bridgehead atoms. The lowest BCUT2D eigenvalue weighted by atomic mass is 10.1. The van der Waals surface area contributed by atoms with Gasteiger partial charge in [0.25, 0.3) is 5.56 Å².